The van der Waals surface area contributed by atoms with E-state index in [4.69, 9.17) is 14.2 Å². The molecule has 2 rings (SSSR count). The van der Waals surface area contributed by atoms with E-state index in [-0.39, 0.29) is 12.1 Å². The highest BCUT2D eigenvalue weighted by Crippen LogP contribution is 2.38. The van der Waals surface area contributed by atoms with E-state index in [1.807, 2.05) is 13.8 Å². The van der Waals surface area contributed by atoms with Gasteiger partial charge < -0.3 is 24.0 Å². The van der Waals surface area contributed by atoms with Gasteiger partial charge in [-0.3, -0.25) is 4.79 Å². The first-order valence-electron chi connectivity index (χ1n) is 9.88. The van der Waals surface area contributed by atoms with Crippen molar-refractivity contribution in [2.24, 2.45) is 5.41 Å². The van der Waals surface area contributed by atoms with E-state index in [2.05, 4.69) is 4.90 Å². The Bertz CT molecular complexity index is 455. The van der Waals surface area contributed by atoms with Gasteiger partial charge in [-0.2, -0.15) is 0 Å². The molecule has 0 spiro atoms. The van der Waals surface area contributed by atoms with Crippen molar-refractivity contribution in [2.75, 3.05) is 53.1 Å². The Morgan fingerprint density at radius 3 is 2.15 bits per heavy atom. The highest BCUT2D eigenvalue weighted by atomic mass is 16.6. The Hall–Kier alpha value is -1.34. The Morgan fingerprint density at radius 1 is 1.00 bits per heavy atom. The number of hydrogen-bond acceptors (Lipinski definition) is 6. The summed E-state index contributed by atoms with van der Waals surface area (Å²) in [6.07, 6.45) is 4.07. The molecule has 0 atom stereocenters. The number of amides is 1. The Kier molecular flexibility index (Phi) is 8.15. The number of likely N-dealkylation sites (tertiary alicyclic amines) is 2. The smallest absolute Gasteiger partial charge is 0.409 e. The van der Waals surface area contributed by atoms with Crippen LogP contribution in [0.15, 0.2) is 0 Å². The average Bonchev–Trinajstić information content (AvgIpc) is 2.67. The van der Waals surface area contributed by atoms with Gasteiger partial charge in [0, 0.05) is 32.8 Å². The first kappa shape index (κ1) is 21.0. The van der Waals surface area contributed by atoms with E-state index < -0.39 is 5.41 Å². The molecule has 2 fully saturated rings. The van der Waals surface area contributed by atoms with Gasteiger partial charge in [-0.1, -0.05) is 0 Å². The van der Waals surface area contributed by atoms with Gasteiger partial charge in [0.15, 0.2) is 0 Å². The maximum Gasteiger partial charge on any atom is 0.409 e. The van der Waals surface area contributed by atoms with Gasteiger partial charge in [0.25, 0.3) is 0 Å². The molecule has 2 aliphatic heterocycles. The number of piperidine rings is 2. The number of methoxy groups -OCH3 is 1. The number of hydrogen-bond donors (Lipinski definition) is 0. The van der Waals surface area contributed by atoms with Crippen molar-refractivity contribution in [2.45, 2.75) is 52.0 Å². The van der Waals surface area contributed by atoms with Gasteiger partial charge in [0.1, 0.15) is 0 Å². The summed E-state index contributed by atoms with van der Waals surface area (Å²) in [6, 6.07) is 0.475. The topological polar surface area (TPSA) is 68.3 Å². The molecule has 0 aromatic rings. The molecule has 2 aliphatic rings. The van der Waals surface area contributed by atoms with E-state index in [1.165, 1.54) is 0 Å². The highest BCUT2D eigenvalue weighted by molar-refractivity contribution is 5.77. The van der Waals surface area contributed by atoms with Crippen molar-refractivity contribution < 1.29 is 23.8 Å². The van der Waals surface area contributed by atoms with Crippen LogP contribution >= 0.6 is 0 Å². The fourth-order valence-corrected chi connectivity index (χ4v) is 4.08. The first-order chi connectivity index (χ1) is 12.6. The van der Waals surface area contributed by atoms with Crippen LogP contribution in [-0.2, 0) is 19.0 Å². The molecule has 0 aromatic heterocycles. The van der Waals surface area contributed by atoms with E-state index in [0.717, 1.165) is 58.3 Å². The Labute approximate surface area is 156 Å². The quantitative estimate of drug-likeness (QED) is 0.641. The second-order valence-corrected chi connectivity index (χ2v) is 7.20. The summed E-state index contributed by atoms with van der Waals surface area (Å²) < 4.78 is 15.7. The van der Waals surface area contributed by atoms with Crippen molar-refractivity contribution in [1.82, 2.24) is 9.80 Å². The zero-order valence-corrected chi connectivity index (χ0v) is 16.5. The van der Waals surface area contributed by atoms with E-state index >= 15 is 0 Å². The number of nitrogens with zero attached hydrogens (tertiary/aromatic N) is 2. The van der Waals surface area contributed by atoms with Crippen LogP contribution in [0.1, 0.15) is 46.0 Å². The van der Waals surface area contributed by atoms with Gasteiger partial charge in [-0.05, 0) is 59.0 Å². The monoisotopic (exact) mass is 370 g/mol. The van der Waals surface area contributed by atoms with Crippen LogP contribution in [0.2, 0.25) is 0 Å². The second-order valence-electron chi connectivity index (χ2n) is 7.20. The van der Waals surface area contributed by atoms with Crippen molar-refractivity contribution >= 4 is 12.1 Å². The molecule has 0 N–H and O–H groups in total. The number of esters is 1. The lowest BCUT2D eigenvalue weighted by molar-refractivity contribution is -0.160. The number of carbonyl (C=O) groups is 2. The summed E-state index contributed by atoms with van der Waals surface area (Å²) in [5, 5.41) is 0. The van der Waals surface area contributed by atoms with E-state index in [0.29, 0.717) is 25.9 Å². The van der Waals surface area contributed by atoms with Crippen molar-refractivity contribution in [1.29, 1.82) is 0 Å². The van der Waals surface area contributed by atoms with Gasteiger partial charge in [0.05, 0.1) is 18.6 Å². The maximum atomic E-state index is 12.5. The minimum absolute atomic E-state index is 0.0752. The summed E-state index contributed by atoms with van der Waals surface area (Å²) >= 11 is 0. The number of ether oxygens (including phenoxy) is 3. The Morgan fingerprint density at radius 2 is 1.62 bits per heavy atom. The summed E-state index contributed by atoms with van der Waals surface area (Å²) in [6.45, 7) is 8.38. The average molecular weight is 370 g/mol. The van der Waals surface area contributed by atoms with Crippen LogP contribution in [-0.4, -0.2) is 81.0 Å². The summed E-state index contributed by atoms with van der Waals surface area (Å²) in [4.78, 5) is 28.6. The molecule has 7 nitrogen and oxygen atoms in total. The molecule has 0 bridgehead atoms. The normalized spacial score (nSPS) is 21.4. The van der Waals surface area contributed by atoms with Gasteiger partial charge in [0.2, 0.25) is 0 Å². The molecule has 2 saturated heterocycles. The second kappa shape index (κ2) is 10.1. The fourth-order valence-electron chi connectivity index (χ4n) is 4.08. The molecule has 0 saturated carbocycles. The van der Waals surface area contributed by atoms with Crippen LogP contribution < -0.4 is 0 Å². The number of rotatable bonds is 7. The highest BCUT2D eigenvalue weighted by Gasteiger charge is 2.43. The predicted octanol–water partition coefficient (Wildman–Crippen LogP) is 2.29. The fraction of sp³-hybridized carbons (Fsp3) is 0.895. The minimum atomic E-state index is -0.409. The lowest BCUT2D eigenvalue weighted by Gasteiger charge is -2.45. The lowest BCUT2D eigenvalue weighted by Crippen LogP contribution is -2.52. The molecular weight excluding hydrogens is 336 g/mol. The lowest BCUT2D eigenvalue weighted by atomic mass is 9.75. The molecule has 2 heterocycles. The minimum Gasteiger partial charge on any atom is -0.466 e. The largest absolute Gasteiger partial charge is 0.466 e. The van der Waals surface area contributed by atoms with Crippen molar-refractivity contribution in [3.05, 3.63) is 0 Å². The zero-order valence-electron chi connectivity index (χ0n) is 16.5. The van der Waals surface area contributed by atoms with E-state index in [9.17, 15) is 9.59 Å². The van der Waals surface area contributed by atoms with Gasteiger partial charge in [-0.15, -0.1) is 0 Å². The molecule has 1 amide bonds. The molecule has 0 unspecified atom stereocenters. The molecule has 150 valence electrons. The summed E-state index contributed by atoms with van der Waals surface area (Å²) in [5.74, 6) is -0.0752. The molecule has 7 heteroatoms. The third-order valence-corrected chi connectivity index (χ3v) is 5.76. The SMILES string of the molecule is CCOC(=O)N1CCC(N2CCC(CCOC)(C(=O)OCC)CC2)CC1. The van der Waals surface area contributed by atoms with Crippen LogP contribution in [0, 0.1) is 5.41 Å². The molecule has 0 aliphatic carbocycles. The Balaban J connectivity index is 1.86. The summed E-state index contributed by atoms with van der Waals surface area (Å²) in [7, 11) is 1.67. The van der Waals surface area contributed by atoms with Crippen molar-refractivity contribution in [3.63, 3.8) is 0 Å². The molecule has 0 aromatic carbocycles. The summed E-state index contributed by atoms with van der Waals surface area (Å²) in [5.41, 5.74) is -0.409. The molecule has 0 radical (unpaired) electrons. The maximum absolute atomic E-state index is 12.5. The van der Waals surface area contributed by atoms with E-state index in [1.54, 1.807) is 12.0 Å². The molecule has 26 heavy (non-hydrogen) atoms. The standard InChI is InChI=1S/C19H34N2O5/c1-4-25-17(22)19(10-15-24-3)8-13-20(14-9-19)16-6-11-21(12-7-16)18(23)26-5-2/h16H,4-15H2,1-3H3. The van der Waals surface area contributed by atoms with Crippen LogP contribution in [0.25, 0.3) is 0 Å². The third-order valence-electron chi connectivity index (χ3n) is 5.76. The van der Waals surface area contributed by atoms with Crippen molar-refractivity contribution in [3.8, 4) is 0 Å². The predicted molar refractivity (Wildman–Crippen MR) is 98.0 cm³/mol. The van der Waals surface area contributed by atoms with Crippen LogP contribution in [0.5, 0.6) is 0 Å². The third kappa shape index (κ3) is 5.10. The molecular formula is C19H34N2O5. The first-order valence-corrected chi connectivity index (χ1v) is 9.88. The zero-order chi connectivity index (χ0) is 19.0. The van der Waals surface area contributed by atoms with Gasteiger partial charge in [-0.25, -0.2) is 4.79 Å². The number of carbonyl (C=O) groups excluding carboxylic acids is 2. The van der Waals surface area contributed by atoms with Crippen LogP contribution in [0.3, 0.4) is 0 Å². The van der Waals surface area contributed by atoms with Crippen LogP contribution in [0.4, 0.5) is 4.79 Å². The van der Waals surface area contributed by atoms with Gasteiger partial charge >= 0.3 is 12.1 Å².